The molecule has 3 heterocycles. The predicted octanol–water partition coefficient (Wildman–Crippen LogP) is 2.39. The summed E-state index contributed by atoms with van der Waals surface area (Å²) >= 11 is 0. The summed E-state index contributed by atoms with van der Waals surface area (Å²) in [5.41, 5.74) is 0.539. The van der Waals surface area contributed by atoms with Crippen molar-refractivity contribution in [1.82, 2.24) is 25.3 Å². The predicted molar refractivity (Wildman–Crippen MR) is 109 cm³/mol. The topological polar surface area (TPSA) is 86.3 Å². The van der Waals surface area contributed by atoms with E-state index in [1.807, 2.05) is 23.2 Å². The van der Waals surface area contributed by atoms with Gasteiger partial charge in [-0.05, 0) is 31.9 Å². The Morgan fingerprint density at radius 3 is 2.68 bits per heavy atom. The number of nitrogens with zero attached hydrogens (tertiary/aromatic N) is 5. The van der Waals surface area contributed by atoms with Gasteiger partial charge in [0.25, 0.3) is 0 Å². The largest absolute Gasteiger partial charge is 0.367 e. The molecule has 0 amide bonds. The van der Waals surface area contributed by atoms with Crippen LogP contribution < -0.4 is 15.6 Å². The van der Waals surface area contributed by atoms with Crippen LogP contribution in [-0.4, -0.2) is 58.0 Å². The van der Waals surface area contributed by atoms with Crippen molar-refractivity contribution in [3.63, 3.8) is 0 Å². The van der Waals surface area contributed by atoms with E-state index in [0.717, 1.165) is 44.8 Å². The Morgan fingerprint density at radius 2 is 2.00 bits per heavy atom. The number of rotatable bonds is 6. The minimum absolute atomic E-state index is 0.0291. The molecule has 28 heavy (non-hydrogen) atoms. The second kappa shape index (κ2) is 8.62. The van der Waals surface area contributed by atoms with E-state index in [1.165, 1.54) is 12.8 Å². The summed E-state index contributed by atoms with van der Waals surface area (Å²) in [6, 6.07) is 6.17. The van der Waals surface area contributed by atoms with Crippen LogP contribution in [0.4, 0.5) is 17.6 Å². The van der Waals surface area contributed by atoms with E-state index in [9.17, 15) is 4.79 Å². The van der Waals surface area contributed by atoms with Crippen LogP contribution in [0.5, 0.6) is 0 Å². The van der Waals surface area contributed by atoms with Gasteiger partial charge in [0.2, 0.25) is 5.95 Å². The lowest BCUT2D eigenvalue weighted by Gasteiger charge is -2.36. The molecular formula is C20H27N7O. The fourth-order valence-corrected chi connectivity index (χ4v) is 3.81. The van der Waals surface area contributed by atoms with Crippen LogP contribution in [0, 0.1) is 0 Å². The lowest BCUT2D eigenvalue weighted by molar-refractivity contribution is 0.101. The maximum atomic E-state index is 12.1. The van der Waals surface area contributed by atoms with Gasteiger partial charge in [-0.1, -0.05) is 18.9 Å². The molecule has 8 heteroatoms. The molecule has 0 bridgehead atoms. The zero-order valence-electron chi connectivity index (χ0n) is 16.3. The van der Waals surface area contributed by atoms with Crippen LogP contribution in [0.3, 0.4) is 0 Å². The molecule has 0 atom stereocenters. The van der Waals surface area contributed by atoms with Crippen molar-refractivity contribution in [1.29, 1.82) is 0 Å². The molecule has 4 rings (SSSR count). The van der Waals surface area contributed by atoms with Gasteiger partial charge in [-0.3, -0.25) is 4.79 Å². The summed E-state index contributed by atoms with van der Waals surface area (Å²) in [4.78, 5) is 26.0. The summed E-state index contributed by atoms with van der Waals surface area (Å²) < 4.78 is 0. The lowest BCUT2D eigenvalue weighted by atomic mass is 10.2. The summed E-state index contributed by atoms with van der Waals surface area (Å²) in [6.45, 7) is 5.01. The number of hydrogen-bond donors (Lipinski definition) is 2. The number of pyridine rings is 1. The van der Waals surface area contributed by atoms with Crippen molar-refractivity contribution >= 4 is 23.4 Å². The van der Waals surface area contributed by atoms with Crippen LogP contribution in [-0.2, 0) is 0 Å². The zero-order chi connectivity index (χ0) is 19.3. The van der Waals surface area contributed by atoms with Crippen molar-refractivity contribution in [2.75, 3.05) is 36.5 Å². The summed E-state index contributed by atoms with van der Waals surface area (Å²) in [5.74, 6) is 1.90. The van der Waals surface area contributed by atoms with Crippen LogP contribution >= 0.6 is 0 Å². The first-order valence-corrected chi connectivity index (χ1v) is 10.0. The standard InChI is InChI=1S/C20H27N7O/c1-15(28)17-14-23-20(25-19(17)24-16-6-2-3-7-16)27(18-8-4-5-9-22-18)26-12-10-21-11-13-26/h4-5,8-9,14,16,21H,2-3,6-7,10-13H2,1H3,(H,23,24,25). The summed E-state index contributed by atoms with van der Waals surface area (Å²) in [7, 11) is 0. The number of hydrazine groups is 1. The number of aromatic nitrogens is 3. The van der Waals surface area contributed by atoms with Crippen molar-refractivity contribution in [3.8, 4) is 0 Å². The van der Waals surface area contributed by atoms with Crippen LogP contribution in [0.2, 0.25) is 0 Å². The third kappa shape index (κ3) is 4.13. The van der Waals surface area contributed by atoms with E-state index < -0.39 is 0 Å². The summed E-state index contributed by atoms with van der Waals surface area (Å²) in [6.07, 6.45) is 8.06. The summed E-state index contributed by atoms with van der Waals surface area (Å²) in [5, 5.41) is 11.0. The molecule has 2 fully saturated rings. The molecule has 1 aliphatic heterocycles. The average Bonchev–Trinajstić information content (AvgIpc) is 3.23. The molecule has 0 aromatic carbocycles. The lowest BCUT2D eigenvalue weighted by Crippen LogP contribution is -2.51. The molecule has 2 aliphatic rings. The number of carbonyl (C=O) groups excluding carboxylic acids is 1. The number of Topliss-reactive ketones (excluding diaryl/α,β-unsaturated/α-hetero) is 1. The average molecular weight is 381 g/mol. The number of anilines is 3. The van der Waals surface area contributed by atoms with Crippen molar-refractivity contribution in [2.45, 2.75) is 38.6 Å². The highest BCUT2D eigenvalue weighted by Crippen LogP contribution is 2.27. The first kappa shape index (κ1) is 18.8. The maximum Gasteiger partial charge on any atom is 0.248 e. The van der Waals surface area contributed by atoms with Crippen LogP contribution in [0.25, 0.3) is 0 Å². The Hall–Kier alpha value is -2.58. The SMILES string of the molecule is CC(=O)c1cnc(N(c2ccccn2)N2CCNCC2)nc1NC1CCCC1. The van der Waals surface area contributed by atoms with Gasteiger partial charge in [-0.25, -0.2) is 20.0 Å². The molecule has 1 aliphatic carbocycles. The van der Waals surface area contributed by atoms with Gasteiger partial charge >= 0.3 is 0 Å². The second-order valence-electron chi connectivity index (χ2n) is 7.32. The molecule has 1 saturated heterocycles. The molecule has 8 nitrogen and oxygen atoms in total. The van der Waals surface area contributed by atoms with Gasteiger partial charge in [-0.2, -0.15) is 4.98 Å². The highest BCUT2D eigenvalue weighted by molar-refractivity contribution is 5.98. The van der Waals surface area contributed by atoms with Gasteiger partial charge in [0.15, 0.2) is 5.78 Å². The molecule has 0 spiro atoms. The molecular weight excluding hydrogens is 354 g/mol. The minimum Gasteiger partial charge on any atom is -0.367 e. The minimum atomic E-state index is -0.0291. The molecule has 2 aromatic rings. The highest BCUT2D eigenvalue weighted by atomic mass is 16.1. The molecule has 148 valence electrons. The van der Waals surface area contributed by atoms with Crippen molar-refractivity contribution in [3.05, 3.63) is 36.2 Å². The fraction of sp³-hybridized carbons (Fsp3) is 0.500. The van der Waals surface area contributed by atoms with E-state index in [-0.39, 0.29) is 5.78 Å². The van der Waals surface area contributed by atoms with E-state index >= 15 is 0 Å². The number of hydrogen-bond acceptors (Lipinski definition) is 8. The first-order valence-electron chi connectivity index (χ1n) is 10.0. The van der Waals surface area contributed by atoms with Gasteiger partial charge in [0.1, 0.15) is 11.6 Å². The van der Waals surface area contributed by atoms with E-state index in [0.29, 0.717) is 23.4 Å². The highest BCUT2D eigenvalue weighted by Gasteiger charge is 2.26. The maximum absolute atomic E-state index is 12.1. The Balaban J connectivity index is 1.71. The third-order valence-electron chi connectivity index (χ3n) is 5.28. The van der Waals surface area contributed by atoms with Crippen LogP contribution in [0.1, 0.15) is 43.0 Å². The normalized spacial score (nSPS) is 18.2. The molecule has 0 unspecified atom stereocenters. The third-order valence-corrected chi connectivity index (χ3v) is 5.28. The van der Waals surface area contributed by atoms with Gasteiger partial charge in [0, 0.05) is 44.6 Å². The fourth-order valence-electron chi connectivity index (χ4n) is 3.81. The van der Waals surface area contributed by atoms with Gasteiger partial charge in [-0.15, -0.1) is 0 Å². The van der Waals surface area contributed by atoms with Crippen molar-refractivity contribution < 1.29 is 4.79 Å². The molecule has 0 radical (unpaired) electrons. The Kier molecular flexibility index (Phi) is 5.78. The van der Waals surface area contributed by atoms with E-state index in [1.54, 1.807) is 19.3 Å². The number of ketones is 1. The Labute approximate surface area is 165 Å². The van der Waals surface area contributed by atoms with Crippen LogP contribution in [0.15, 0.2) is 30.6 Å². The quantitative estimate of drug-likeness (QED) is 0.738. The molecule has 2 N–H and O–H groups in total. The van der Waals surface area contributed by atoms with Crippen molar-refractivity contribution in [2.24, 2.45) is 0 Å². The monoisotopic (exact) mass is 381 g/mol. The smallest absolute Gasteiger partial charge is 0.248 e. The second-order valence-corrected chi connectivity index (χ2v) is 7.32. The zero-order valence-corrected chi connectivity index (χ0v) is 16.3. The molecule has 1 saturated carbocycles. The Morgan fingerprint density at radius 1 is 1.21 bits per heavy atom. The first-order chi connectivity index (χ1) is 13.7. The number of piperazine rings is 1. The number of nitrogens with one attached hydrogen (secondary N) is 2. The number of carbonyl (C=O) groups is 1. The van der Waals surface area contributed by atoms with E-state index in [2.05, 4.69) is 25.6 Å². The van der Waals surface area contributed by atoms with Gasteiger partial charge in [0.05, 0.1) is 5.56 Å². The molecule has 2 aromatic heterocycles. The van der Waals surface area contributed by atoms with E-state index in [4.69, 9.17) is 4.98 Å². The Bertz CT molecular complexity index is 801. The van der Waals surface area contributed by atoms with Gasteiger partial charge < -0.3 is 10.6 Å².